The molecule has 2 N–H and O–H groups in total. The second-order valence-corrected chi connectivity index (χ2v) is 6.49. The smallest absolute Gasteiger partial charge is 0.225 e. The summed E-state index contributed by atoms with van der Waals surface area (Å²) in [6.07, 6.45) is 0.915. The molecule has 0 bridgehead atoms. The van der Waals surface area contributed by atoms with Gasteiger partial charge in [0.1, 0.15) is 0 Å². The molecule has 0 amide bonds. The van der Waals surface area contributed by atoms with Crippen molar-refractivity contribution >= 4 is 10.0 Å². The molecule has 1 aromatic rings. The zero-order valence-electron chi connectivity index (χ0n) is 9.32. The minimum Gasteiger partial charge on any atom is -0.225 e. The van der Waals surface area contributed by atoms with Crippen LogP contribution in [0, 0.1) is 5.41 Å². The van der Waals surface area contributed by atoms with Gasteiger partial charge in [-0.05, 0) is 29.5 Å². The molecular formula is C11H17NO2S. The van der Waals surface area contributed by atoms with E-state index in [0.717, 1.165) is 12.0 Å². The maximum absolute atomic E-state index is 11.0. The average molecular weight is 227 g/mol. The van der Waals surface area contributed by atoms with Crippen molar-refractivity contribution in [2.45, 2.75) is 32.1 Å². The van der Waals surface area contributed by atoms with Gasteiger partial charge < -0.3 is 0 Å². The van der Waals surface area contributed by atoms with Crippen LogP contribution in [-0.2, 0) is 16.4 Å². The molecule has 0 spiro atoms. The molecule has 0 fully saturated rings. The normalized spacial score (nSPS) is 12.8. The number of primary sulfonamides is 1. The second kappa shape index (κ2) is 3.94. The fourth-order valence-electron chi connectivity index (χ4n) is 1.41. The van der Waals surface area contributed by atoms with Crippen molar-refractivity contribution in [1.82, 2.24) is 0 Å². The van der Waals surface area contributed by atoms with E-state index < -0.39 is 10.0 Å². The Bertz CT molecular complexity index is 427. The standard InChI is InChI=1S/C11H17NO2S/c1-11(2,3)8-9-4-6-10(7-5-9)15(12,13)14/h4-7H,8H2,1-3H3,(H2,12,13,14). The second-order valence-electron chi connectivity index (χ2n) is 4.93. The monoisotopic (exact) mass is 227 g/mol. The summed E-state index contributed by atoms with van der Waals surface area (Å²) >= 11 is 0. The molecule has 0 radical (unpaired) electrons. The molecule has 0 aliphatic carbocycles. The molecule has 15 heavy (non-hydrogen) atoms. The number of hydrogen-bond donors (Lipinski definition) is 1. The van der Waals surface area contributed by atoms with E-state index in [9.17, 15) is 8.42 Å². The van der Waals surface area contributed by atoms with Crippen LogP contribution in [0.3, 0.4) is 0 Å². The van der Waals surface area contributed by atoms with Crippen LogP contribution in [0.2, 0.25) is 0 Å². The van der Waals surface area contributed by atoms with E-state index in [4.69, 9.17) is 5.14 Å². The van der Waals surface area contributed by atoms with Gasteiger partial charge in [0.05, 0.1) is 4.90 Å². The van der Waals surface area contributed by atoms with Crippen molar-refractivity contribution in [3.05, 3.63) is 29.8 Å². The zero-order valence-corrected chi connectivity index (χ0v) is 10.1. The molecule has 1 aromatic carbocycles. The zero-order chi connectivity index (χ0) is 11.7. The molecule has 1 rings (SSSR count). The van der Waals surface area contributed by atoms with E-state index in [2.05, 4.69) is 20.8 Å². The Morgan fingerprint density at radius 3 is 1.93 bits per heavy atom. The van der Waals surface area contributed by atoms with Gasteiger partial charge in [-0.25, -0.2) is 13.6 Å². The lowest BCUT2D eigenvalue weighted by molar-refractivity contribution is 0.411. The maximum atomic E-state index is 11.0. The van der Waals surface area contributed by atoms with E-state index in [-0.39, 0.29) is 10.3 Å². The lowest BCUT2D eigenvalue weighted by Gasteiger charge is -2.17. The van der Waals surface area contributed by atoms with E-state index in [1.807, 2.05) is 12.1 Å². The lowest BCUT2D eigenvalue weighted by Crippen LogP contribution is -2.13. The highest BCUT2D eigenvalue weighted by atomic mass is 32.2. The van der Waals surface area contributed by atoms with Crippen LogP contribution >= 0.6 is 0 Å². The van der Waals surface area contributed by atoms with E-state index >= 15 is 0 Å². The Kier molecular flexibility index (Phi) is 3.21. The third-order valence-corrected chi connectivity index (χ3v) is 2.92. The molecule has 0 saturated heterocycles. The molecule has 0 unspecified atom stereocenters. The Labute approximate surface area is 91.4 Å². The number of sulfonamides is 1. The highest BCUT2D eigenvalue weighted by molar-refractivity contribution is 7.89. The quantitative estimate of drug-likeness (QED) is 0.839. The Hall–Kier alpha value is -0.870. The summed E-state index contributed by atoms with van der Waals surface area (Å²) in [6.45, 7) is 6.42. The molecule has 0 aliphatic heterocycles. The van der Waals surface area contributed by atoms with Gasteiger partial charge >= 0.3 is 0 Å². The Morgan fingerprint density at radius 2 is 1.60 bits per heavy atom. The van der Waals surface area contributed by atoms with Gasteiger partial charge in [-0.15, -0.1) is 0 Å². The topological polar surface area (TPSA) is 60.2 Å². The summed E-state index contributed by atoms with van der Waals surface area (Å²) in [6, 6.07) is 6.72. The van der Waals surface area contributed by atoms with Crippen LogP contribution in [0.25, 0.3) is 0 Å². The summed E-state index contributed by atoms with van der Waals surface area (Å²) in [7, 11) is -3.56. The van der Waals surface area contributed by atoms with Crippen LogP contribution in [-0.4, -0.2) is 8.42 Å². The van der Waals surface area contributed by atoms with Gasteiger partial charge in [-0.2, -0.15) is 0 Å². The van der Waals surface area contributed by atoms with Crippen molar-refractivity contribution in [2.24, 2.45) is 10.6 Å². The third kappa shape index (κ3) is 4.01. The first kappa shape index (κ1) is 12.2. The van der Waals surface area contributed by atoms with Gasteiger partial charge in [-0.3, -0.25) is 0 Å². The lowest BCUT2D eigenvalue weighted by atomic mass is 9.88. The van der Waals surface area contributed by atoms with Crippen LogP contribution < -0.4 is 5.14 Å². The first-order chi connectivity index (χ1) is 6.68. The van der Waals surface area contributed by atoms with E-state index in [1.165, 1.54) is 0 Å². The van der Waals surface area contributed by atoms with E-state index in [0.29, 0.717) is 0 Å². The predicted octanol–water partition coefficient (Wildman–Crippen LogP) is 1.92. The molecule has 0 aromatic heterocycles. The fraction of sp³-hybridized carbons (Fsp3) is 0.455. The molecule has 84 valence electrons. The summed E-state index contributed by atoms with van der Waals surface area (Å²) < 4.78 is 22.0. The maximum Gasteiger partial charge on any atom is 0.238 e. The molecule has 0 aliphatic rings. The summed E-state index contributed by atoms with van der Waals surface area (Å²) in [5.41, 5.74) is 1.32. The molecular weight excluding hydrogens is 210 g/mol. The van der Waals surface area contributed by atoms with E-state index in [1.54, 1.807) is 12.1 Å². The number of rotatable bonds is 2. The number of hydrogen-bond acceptors (Lipinski definition) is 2. The van der Waals surface area contributed by atoms with Crippen molar-refractivity contribution in [1.29, 1.82) is 0 Å². The van der Waals surface area contributed by atoms with Crippen molar-refractivity contribution in [3.8, 4) is 0 Å². The predicted molar refractivity (Wildman–Crippen MR) is 61.0 cm³/mol. The molecule has 0 saturated carbocycles. The summed E-state index contributed by atoms with van der Waals surface area (Å²) in [5.74, 6) is 0. The fourth-order valence-corrected chi connectivity index (χ4v) is 1.92. The molecule has 0 atom stereocenters. The van der Waals surface area contributed by atoms with Crippen molar-refractivity contribution < 1.29 is 8.42 Å². The third-order valence-electron chi connectivity index (χ3n) is 1.99. The highest BCUT2D eigenvalue weighted by Crippen LogP contribution is 2.21. The highest BCUT2D eigenvalue weighted by Gasteiger charge is 2.12. The summed E-state index contributed by atoms with van der Waals surface area (Å²) in [5, 5.41) is 5.01. The largest absolute Gasteiger partial charge is 0.238 e. The van der Waals surface area contributed by atoms with Crippen molar-refractivity contribution in [2.75, 3.05) is 0 Å². The number of benzene rings is 1. The van der Waals surface area contributed by atoms with Gasteiger partial charge in [0.25, 0.3) is 0 Å². The van der Waals surface area contributed by atoms with Gasteiger partial charge in [-0.1, -0.05) is 32.9 Å². The molecule has 4 heteroatoms. The first-order valence-electron chi connectivity index (χ1n) is 4.80. The van der Waals surface area contributed by atoms with Crippen molar-refractivity contribution in [3.63, 3.8) is 0 Å². The Balaban J connectivity index is 2.92. The van der Waals surface area contributed by atoms with Crippen LogP contribution in [0.15, 0.2) is 29.2 Å². The average Bonchev–Trinajstić information content (AvgIpc) is 2.00. The Morgan fingerprint density at radius 1 is 1.13 bits per heavy atom. The van der Waals surface area contributed by atoms with Crippen LogP contribution in [0.5, 0.6) is 0 Å². The molecule has 3 nitrogen and oxygen atoms in total. The summed E-state index contributed by atoms with van der Waals surface area (Å²) in [4.78, 5) is 0.167. The van der Waals surface area contributed by atoms with Crippen LogP contribution in [0.1, 0.15) is 26.3 Å². The number of nitrogens with two attached hydrogens (primary N) is 1. The SMILES string of the molecule is CC(C)(C)Cc1ccc(S(N)(=O)=O)cc1. The minimum atomic E-state index is -3.56. The van der Waals surface area contributed by atoms with Gasteiger partial charge in [0, 0.05) is 0 Å². The first-order valence-corrected chi connectivity index (χ1v) is 6.35. The van der Waals surface area contributed by atoms with Gasteiger partial charge in [0.2, 0.25) is 10.0 Å². The van der Waals surface area contributed by atoms with Crippen LogP contribution in [0.4, 0.5) is 0 Å². The molecule has 0 heterocycles. The minimum absolute atomic E-state index is 0.167. The van der Waals surface area contributed by atoms with Gasteiger partial charge in [0.15, 0.2) is 0 Å².